The summed E-state index contributed by atoms with van der Waals surface area (Å²) < 4.78 is 23.4. The third kappa shape index (κ3) is 5.07. The Hall–Kier alpha value is -2.68. The Labute approximate surface area is 218 Å². The maximum absolute atomic E-state index is 12.5. The number of hydrogen-bond donors (Lipinski definition) is 1. The van der Waals surface area contributed by atoms with E-state index in [1.165, 1.54) is 27.7 Å². The number of ether oxygens (including phenoxy) is 4. The number of hydrogen-bond acceptors (Lipinski definition) is 9. The van der Waals surface area contributed by atoms with E-state index in [0.717, 1.165) is 5.57 Å². The van der Waals surface area contributed by atoms with Gasteiger partial charge in [0, 0.05) is 34.1 Å². The number of esters is 4. The highest BCUT2D eigenvalue weighted by molar-refractivity contribution is 5.69. The van der Waals surface area contributed by atoms with Crippen LogP contribution in [-0.2, 0) is 38.1 Å². The molecule has 1 fully saturated rings. The van der Waals surface area contributed by atoms with Crippen molar-refractivity contribution in [2.24, 2.45) is 22.7 Å². The van der Waals surface area contributed by atoms with Gasteiger partial charge in [0.15, 0.2) is 12.2 Å². The Kier molecular flexibility index (Phi) is 7.99. The molecule has 0 amide bonds. The first-order valence-corrected chi connectivity index (χ1v) is 12.8. The second-order valence-electron chi connectivity index (χ2n) is 11.4. The monoisotopic (exact) mass is 520 g/mol. The molecule has 0 aromatic carbocycles. The summed E-state index contributed by atoms with van der Waals surface area (Å²) >= 11 is 0. The highest BCUT2D eigenvalue weighted by atomic mass is 16.6. The molecular weight excluding hydrogens is 480 g/mol. The van der Waals surface area contributed by atoms with Crippen LogP contribution in [-0.4, -0.2) is 59.5 Å². The van der Waals surface area contributed by atoms with Crippen molar-refractivity contribution in [1.82, 2.24) is 0 Å². The van der Waals surface area contributed by atoms with E-state index < -0.39 is 71.1 Å². The minimum atomic E-state index is -1.07. The first-order valence-electron chi connectivity index (χ1n) is 12.8. The summed E-state index contributed by atoms with van der Waals surface area (Å²) in [5.74, 6) is -2.92. The van der Waals surface area contributed by atoms with Gasteiger partial charge in [-0.1, -0.05) is 32.4 Å². The van der Waals surface area contributed by atoms with Crippen LogP contribution in [0.5, 0.6) is 0 Å². The van der Waals surface area contributed by atoms with Gasteiger partial charge in [0.1, 0.15) is 12.2 Å². The second-order valence-corrected chi connectivity index (χ2v) is 11.4. The third-order valence-electron chi connectivity index (χ3n) is 8.69. The summed E-state index contributed by atoms with van der Waals surface area (Å²) in [4.78, 5) is 49.2. The van der Waals surface area contributed by atoms with Gasteiger partial charge in [-0.3, -0.25) is 19.2 Å². The van der Waals surface area contributed by atoms with Crippen LogP contribution in [0.1, 0.15) is 75.2 Å². The van der Waals surface area contributed by atoms with Gasteiger partial charge in [0.2, 0.25) is 0 Å². The quantitative estimate of drug-likeness (QED) is 0.337. The van der Waals surface area contributed by atoms with Gasteiger partial charge in [-0.15, -0.1) is 0 Å². The van der Waals surface area contributed by atoms with Gasteiger partial charge in [-0.05, 0) is 48.7 Å². The average Bonchev–Trinajstić information content (AvgIpc) is 2.74. The van der Waals surface area contributed by atoms with Gasteiger partial charge in [0.05, 0.1) is 11.5 Å². The SMILES string of the molecule is CC(=O)O[C@@H]1C(C)=C2[C@@H](OC(C)=O)[C@H](OC(C)=O)[C@]3(C)[C@@H](OC(C)=O)CC=C(C)[C@H]3C[C@H]([C@H]1O)C2(C)C. The molecule has 0 heterocycles. The van der Waals surface area contributed by atoms with Crippen LogP contribution in [0.3, 0.4) is 0 Å². The Morgan fingerprint density at radius 3 is 1.86 bits per heavy atom. The molecule has 9 nitrogen and oxygen atoms in total. The largest absolute Gasteiger partial charge is 0.461 e. The Bertz CT molecular complexity index is 1040. The fourth-order valence-corrected chi connectivity index (χ4v) is 7.12. The van der Waals surface area contributed by atoms with Gasteiger partial charge in [-0.2, -0.15) is 0 Å². The van der Waals surface area contributed by atoms with E-state index in [1.54, 1.807) is 6.92 Å². The molecule has 1 saturated carbocycles. The molecule has 0 saturated heterocycles. The molecule has 0 unspecified atom stereocenters. The maximum atomic E-state index is 12.5. The normalized spacial score (nSPS) is 36.7. The van der Waals surface area contributed by atoms with Crippen LogP contribution in [0.15, 0.2) is 22.8 Å². The van der Waals surface area contributed by atoms with Gasteiger partial charge in [0.25, 0.3) is 0 Å². The molecule has 3 aliphatic carbocycles. The minimum absolute atomic E-state index is 0.315. The van der Waals surface area contributed by atoms with E-state index in [0.29, 0.717) is 24.0 Å². The van der Waals surface area contributed by atoms with Crippen LogP contribution in [0, 0.1) is 22.7 Å². The average molecular weight is 521 g/mol. The number of rotatable bonds is 4. The summed E-state index contributed by atoms with van der Waals surface area (Å²) in [6, 6.07) is 0. The van der Waals surface area contributed by atoms with Gasteiger partial charge in [-0.25, -0.2) is 0 Å². The maximum Gasteiger partial charge on any atom is 0.303 e. The number of aliphatic hydroxyl groups is 1. The van der Waals surface area contributed by atoms with Crippen LogP contribution in [0.2, 0.25) is 0 Å². The molecule has 0 aliphatic heterocycles. The van der Waals surface area contributed by atoms with Crippen LogP contribution >= 0.6 is 0 Å². The van der Waals surface area contributed by atoms with E-state index in [9.17, 15) is 24.3 Å². The van der Waals surface area contributed by atoms with E-state index >= 15 is 0 Å². The molecule has 0 aromatic rings. The fraction of sp³-hybridized carbons (Fsp3) is 0.714. The number of allylic oxidation sites excluding steroid dienone is 1. The lowest BCUT2D eigenvalue weighted by molar-refractivity contribution is -0.207. The van der Waals surface area contributed by atoms with Crippen molar-refractivity contribution in [3.8, 4) is 0 Å². The van der Waals surface area contributed by atoms with Crippen molar-refractivity contribution in [3.63, 3.8) is 0 Å². The number of fused-ring (bicyclic) bond motifs is 3. The van der Waals surface area contributed by atoms with Crippen molar-refractivity contribution in [3.05, 3.63) is 22.8 Å². The summed E-state index contributed by atoms with van der Waals surface area (Å²) in [7, 11) is 0. The molecule has 9 heteroatoms. The molecule has 37 heavy (non-hydrogen) atoms. The van der Waals surface area contributed by atoms with Gasteiger partial charge >= 0.3 is 23.9 Å². The van der Waals surface area contributed by atoms with Crippen molar-refractivity contribution in [2.75, 3.05) is 0 Å². The molecule has 8 atom stereocenters. The smallest absolute Gasteiger partial charge is 0.303 e. The van der Waals surface area contributed by atoms with Crippen molar-refractivity contribution in [2.45, 2.75) is 106 Å². The van der Waals surface area contributed by atoms with E-state index in [-0.39, 0.29) is 5.92 Å². The zero-order valence-electron chi connectivity index (χ0n) is 23.2. The molecule has 3 rings (SSSR count). The lowest BCUT2D eigenvalue weighted by Crippen LogP contribution is -2.64. The van der Waals surface area contributed by atoms with E-state index in [1.807, 2.05) is 33.8 Å². The van der Waals surface area contributed by atoms with E-state index in [4.69, 9.17) is 18.9 Å². The minimum Gasteiger partial charge on any atom is -0.461 e. The molecule has 3 aliphatic rings. The second kappa shape index (κ2) is 10.2. The van der Waals surface area contributed by atoms with Crippen molar-refractivity contribution >= 4 is 23.9 Å². The van der Waals surface area contributed by atoms with Crippen LogP contribution in [0.4, 0.5) is 0 Å². The summed E-state index contributed by atoms with van der Waals surface area (Å²) in [5.41, 5.74) is 0.441. The zero-order chi connectivity index (χ0) is 28.0. The lowest BCUT2D eigenvalue weighted by Gasteiger charge is -2.59. The first-order chi connectivity index (χ1) is 17.0. The van der Waals surface area contributed by atoms with Crippen LogP contribution in [0.25, 0.3) is 0 Å². The topological polar surface area (TPSA) is 125 Å². The first kappa shape index (κ1) is 28.9. The fourth-order valence-electron chi connectivity index (χ4n) is 7.12. The summed E-state index contributed by atoms with van der Waals surface area (Å²) in [6.45, 7) is 14.7. The highest BCUT2D eigenvalue weighted by Crippen LogP contribution is 2.60. The standard InChI is InChI=1S/C28H40O9/c1-13-10-11-21(34-15(3)29)28(9)19(13)12-20-23(33)24(35-16(4)30)14(2)22(27(20,7)8)25(36-17(5)31)26(28)37-18(6)32/h10,19-21,23-26,33H,11-12H2,1-9H3/t19-,20-,21+,23-,24-,25-,26+,28+/m1/s1. The Balaban J connectivity index is 2.41. The molecule has 0 aromatic heterocycles. The lowest BCUT2D eigenvalue weighted by atomic mass is 9.50. The summed E-state index contributed by atoms with van der Waals surface area (Å²) in [6.07, 6.45) is -1.92. The molecule has 2 bridgehead atoms. The molecule has 1 N–H and O–H groups in total. The Morgan fingerprint density at radius 2 is 1.35 bits per heavy atom. The summed E-state index contributed by atoms with van der Waals surface area (Å²) in [5, 5.41) is 11.6. The predicted octanol–water partition coefficient (Wildman–Crippen LogP) is 3.42. The Morgan fingerprint density at radius 1 is 0.838 bits per heavy atom. The van der Waals surface area contributed by atoms with Crippen molar-refractivity contribution < 1.29 is 43.2 Å². The van der Waals surface area contributed by atoms with Crippen molar-refractivity contribution in [1.29, 1.82) is 0 Å². The number of carbonyl (C=O) groups excluding carboxylic acids is 4. The highest BCUT2D eigenvalue weighted by Gasteiger charge is 2.63. The van der Waals surface area contributed by atoms with E-state index in [2.05, 4.69) is 0 Å². The third-order valence-corrected chi connectivity index (χ3v) is 8.69. The predicted molar refractivity (Wildman–Crippen MR) is 133 cm³/mol. The molecule has 0 spiro atoms. The van der Waals surface area contributed by atoms with Crippen LogP contribution < -0.4 is 0 Å². The van der Waals surface area contributed by atoms with Gasteiger partial charge < -0.3 is 24.1 Å². The molecule has 0 radical (unpaired) electrons. The molecule has 206 valence electrons. The number of aliphatic hydroxyl groups excluding tert-OH is 1. The molecular formula is C28H40O9. The zero-order valence-corrected chi connectivity index (χ0v) is 23.2. The number of carbonyl (C=O) groups is 4.